The summed E-state index contributed by atoms with van der Waals surface area (Å²) >= 11 is 8.39. The molecule has 1 atom stereocenters. The van der Waals surface area contributed by atoms with Gasteiger partial charge in [-0.15, -0.1) is 0 Å². The zero-order valence-corrected chi connectivity index (χ0v) is 17.9. The van der Waals surface area contributed by atoms with Crippen molar-refractivity contribution in [3.63, 3.8) is 0 Å². The molecular formula is C16H15ClIN6O2P. The van der Waals surface area contributed by atoms with Gasteiger partial charge in [-0.1, -0.05) is 17.7 Å². The molecule has 8 nitrogen and oxygen atoms in total. The highest BCUT2D eigenvalue weighted by Crippen LogP contribution is 2.29. The monoisotopic (exact) mass is 516 g/mol. The SMILES string of the molecule is O=c1cccc(Cn2cnc3c2CCN(c2cnn(PI)c(=O)c2Cl)C3)[nH]1. The van der Waals surface area contributed by atoms with Crippen LogP contribution in [0.3, 0.4) is 0 Å². The third kappa shape index (κ3) is 3.68. The van der Waals surface area contributed by atoms with Crippen molar-refractivity contribution < 1.29 is 0 Å². The Hall–Kier alpha value is -1.71. The first-order valence-corrected chi connectivity index (χ1v) is 12.6. The van der Waals surface area contributed by atoms with E-state index in [9.17, 15) is 9.59 Å². The van der Waals surface area contributed by atoms with Crippen molar-refractivity contribution in [3.8, 4) is 0 Å². The highest BCUT2D eigenvalue weighted by atomic mass is 127. The molecule has 0 radical (unpaired) electrons. The Morgan fingerprint density at radius 2 is 2.19 bits per heavy atom. The molecule has 3 aromatic heterocycles. The van der Waals surface area contributed by atoms with E-state index in [-0.39, 0.29) is 22.5 Å². The number of imidazole rings is 1. The number of H-pyrrole nitrogens is 1. The van der Waals surface area contributed by atoms with Gasteiger partial charge >= 0.3 is 0 Å². The van der Waals surface area contributed by atoms with E-state index >= 15 is 0 Å². The van der Waals surface area contributed by atoms with Crippen LogP contribution < -0.4 is 16.0 Å². The fourth-order valence-corrected chi connectivity index (χ4v) is 4.83. The van der Waals surface area contributed by atoms with Gasteiger partial charge in [0.2, 0.25) is 5.56 Å². The highest BCUT2D eigenvalue weighted by Gasteiger charge is 2.24. The maximum Gasteiger partial charge on any atom is 0.291 e. The Balaban J connectivity index is 1.58. The van der Waals surface area contributed by atoms with Crippen LogP contribution in [0.25, 0.3) is 0 Å². The third-order valence-corrected chi connectivity index (χ3v) is 6.69. The molecule has 0 aliphatic carbocycles. The lowest BCUT2D eigenvalue weighted by atomic mass is 10.1. The van der Waals surface area contributed by atoms with Gasteiger partial charge in [0.05, 0.1) is 43.4 Å². The molecule has 27 heavy (non-hydrogen) atoms. The van der Waals surface area contributed by atoms with Crippen molar-refractivity contribution in [2.75, 3.05) is 11.4 Å². The first-order valence-electron chi connectivity index (χ1n) is 8.17. The molecule has 0 aromatic carbocycles. The van der Waals surface area contributed by atoms with Gasteiger partial charge < -0.3 is 14.5 Å². The van der Waals surface area contributed by atoms with Gasteiger partial charge in [0.25, 0.3) is 5.56 Å². The van der Waals surface area contributed by atoms with E-state index in [4.69, 9.17) is 11.6 Å². The van der Waals surface area contributed by atoms with Crippen molar-refractivity contribution in [2.45, 2.75) is 19.5 Å². The Labute approximate surface area is 173 Å². The van der Waals surface area contributed by atoms with E-state index < -0.39 is 0 Å². The van der Waals surface area contributed by atoms with Crippen LogP contribution in [0, 0.1) is 0 Å². The quantitative estimate of drug-likeness (QED) is 0.424. The molecule has 1 aliphatic heterocycles. The molecule has 140 valence electrons. The smallest absolute Gasteiger partial charge is 0.291 e. The summed E-state index contributed by atoms with van der Waals surface area (Å²) in [7, 11) is 0. The van der Waals surface area contributed by atoms with Crippen molar-refractivity contribution >= 4 is 45.7 Å². The molecule has 0 fully saturated rings. The first kappa shape index (κ1) is 18.6. The average molecular weight is 517 g/mol. The van der Waals surface area contributed by atoms with Gasteiger partial charge in [-0.25, -0.2) is 9.44 Å². The molecule has 1 aliphatic rings. The Morgan fingerprint density at radius 3 is 2.96 bits per heavy atom. The molecule has 0 saturated heterocycles. The summed E-state index contributed by atoms with van der Waals surface area (Å²) in [5.41, 5.74) is 3.15. The van der Waals surface area contributed by atoms with Crippen LogP contribution in [0.1, 0.15) is 17.1 Å². The predicted molar refractivity (Wildman–Crippen MR) is 114 cm³/mol. The fourth-order valence-electron chi connectivity index (χ4n) is 3.19. The summed E-state index contributed by atoms with van der Waals surface area (Å²) in [6.45, 7) is 1.83. The molecule has 3 aromatic rings. The number of aromatic amines is 1. The largest absolute Gasteiger partial charge is 0.362 e. The maximum absolute atomic E-state index is 12.2. The molecule has 0 saturated carbocycles. The zero-order valence-electron chi connectivity index (χ0n) is 14.0. The second-order valence-electron chi connectivity index (χ2n) is 6.12. The summed E-state index contributed by atoms with van der Waals surface area (Å²) in [5.74, 6) is 0. The lowest BCUT2D eigenvalue weighted by molar-refractivity contribution is 0.654. The maximum atomic E-state index is 12.2. The third-order valence-electron chi connectivity index (χ3n) is 4.48. The minimum atomic E-state index is -0.272. The highest BCUT2D eigenvalue weighted by molar-refractivity contribution is 14.2. The number of hydrogen-bond donors (Lipinski definition) is 1. The molecule has 0 bridgehead atoms. The summed E-state index contributed by atoms with van der Waals surface area (Å²) in [5, 5.41) is 4.37. The molecule has 11 heteroatoms. The molecule has 0 amide bonds. The van der Waals surface area contributed by atoms with Crippen molar-refractivity contribution in [2.24, 2.45) is 0 Å². The standard InChI is InChI=1S/C16H15ClIN6O2P/c17-15-13(6-20-24(27-18)16(15)26)22-5-4-12-11(8-22)19-9-23(12)7-10-2-1-3-14(25)21-10/h1-3,6,9,27H,4-5,7-8H2,(H,21,25). The normalized spacial score (nSPS) is 14.1. The summed E-state index contributed by atoms with van der Waals surface area (Å²) in [6.07, 6.45) is 4.40. The number of fused-ring (bicyclic) bond motifs is 1. The van der Waals surface area contributed by atoms with E-state index in [0.717, 1.165) is 23.5 Å². The summed E-state index contributed by atoms with van der Waals surface area (Å²) < 4.78 is 3.41. The molecule has 1 unspecified atom stereocenters. The van der Waals surface area contributed by atoms with E-state index in [1.54, 1.807) is 18.6 Å². The minimum absolute atomic E-state index is 0.114. The lowest BCUT2D eigenvalue weighted by Gasteiger charge is -2.29. The Bertz CT molecular complexity index is 1110. The van der Waals surface area contributed by atoms with E-state index in [2.05, 4.69) is 37.1 Å². The van der Waals surface area contributed by atoms with Gasteiger partial charge in [-0.05, 0) is 28.1 Å². The number of rotatable bonds is 4. The van der Waals surface area contributed by atoms with Crippen molar-refractivity contribution in [1.29, 1.82) is 0 Å². The molecule has 4 rings (SSSR count). The van der Waals surface area contributed by atoms with Crippen LogP contribution in [-0.4, -0.2) is 30.6 Å². The van der Waals surface area contributed by atoms with Crippen molar-refractivity contribution in [3.05, 3.63) is 73.5 Å². The van der Waals surface area contributed by atoms with E-state index in [1.807, 2.05) is 15.5 Å². The van der Waals surface area contributed by atoms with Gasteiger partial charge in [0.1, 0.15) is 5.02 Å². The number of anilines is 1. The molecule has 0 spiro atoms. The van der Waals surface area contributed by atoms with Crippen LogP contribution in [0.5, 0.6) is 0 Å². The summed E-state index contributed by atoms with van der Waals surface area (Å²) in [6, 6.07) is 5.12. The molecular weight excluding hydrogens is 502 g/mol. The van der Waals surface area contributed by atoms with Crippen LogP contribution in [-0.2, 0) is 19.5 Å². The Kier molecular flexibility index (Phi) is 5.34. The van der Waals surface area contributed by atoms with Crippen LogP contribution >= 0.6 is 40.0 Å². The van der Waals surface area contributed by atoms with Crippen LogP contribution in [0.15, 0.2) is 40.3 Å². The molecule has 1 N–H and O–H groups in total. The second kappa shape index (κ2) is 7.73. The number of nitrogens with one attached hydrogen (secondary N) is 1. The number of aromatic nitrogens is 5. The number of nitrogens with zero attached hydrogens (tertiary/aromatic N) is 5. The van der Waals surface area contributed by atoms with Gasteiger partial charge in [-0.2, -0.15) is 5.10 Å². The first-order chi connectivity index (χ1) is 13.1. The lowest BCUT2D eigenvalue weighted by Crippen LogP contribution is -2.33. The Morgan fingerprint density at radius 1 is 1.33 bits per heavy atom. The zero-order chi connectivity index (χ0) is 19.0. The van der Waals surface area contributed by atoms with Crippen LogP contribution in [0.2, 0.25) is 5.02 Å². The topological polar surface area (TPSA) is 88.8 Å². The minimum Gasteiger partial charge on any atom is -0.362 e. The average Bonchev–Trinajstić information content (AvgIpc) is 3.06. The number of pyridine rings is 1. The fraction of sp³-hybridized carbons (Fsp3) is 0.250. The molecule has 4 heterocycles. The van der Waals surface area contributed by atoms with Gasteiger partial charge in [0, 0.05) is 30.4 Å². The van der Waals surface area contributed by atoms with Crippen molar-refractivity contribution in [1.82, 2.24) is 24.1 Å². The van der Waals surface area contributed by atoms with E-state index in [0.29, 0.717) is 25.3 Å². The number of halogens is 2. The van der Waals surface area contributed by atoms with Crippen LogP contribution in [0.4, 0.5) is 5.69 Å². The van der Waals surface area contributed by atoms with Gasteiger partial charge in [-0.3, -0.25) is 9.59 Å². The predicted octanol–water partition coefficient (Wildman–Crippen LogP) is 2.18. The van der Waals surface area contributed by atoms with E-state index in [1.165, 1.54) is 10.5 Å². The van der Waals surface area contributed by atoms with Gasteiger partial charge in [0.15, 0.2) is 0 Å². The number of hydrogen-bond acceptors (Lipinski definition) is 5. The second-order valence-corrected chi connectivity index (χ2v) is 8.54. The summed E-state index contributed by atoms with van der Waals surface area (Å²) in [4.78, 5) is 33.1.